The second-order valence-corrected chi connectivity index (χ2v) is 7.58. The highest BCUT2D eigenvalue weighted by Gasteiger charge is 2.23. The SMILES string of the molecule is CC1CCc2c(sc3ncn(CC(=O)c4ccccc4)c(=O)c23)C1. The molecule has 0 N–H and O–H groups in total. The highest BCUT2D eigenvalue weighted by atomic mass is 32.1. The largest absolute Gasteiger partial charge is 0.292 e. The second-order valence-electron chi connectivity index (χ2n) is 6.50. The normalized spacial score (nSPS) is 17.0. The summed E-state index contributed by atoms with van der Waals surface area (Å²) in [5.74, 6) is 0.587. The van der Waals surface area contributed by atoms with Crippen molar-refractivity contribution >= 4 is 27.3 Å². The lowest BCUT2D eigenvalue weighted by atomic mass is 9.89. The molecule has 0 radical (unpaired) electrons. The van der Waals surface area contributed by atoms with Gasteiger partial charge in [-0.25, -0.2) is 4.98 Å². The Morgan fingerprint density at radius 2 is 2.12 bits per heavy atom. The first-order valence-electron chi connectivity index (χ1n) is 8.21. The Balaban J connectivity index is 1.74. The van der Waals surface area contributed by atoms with Gasteiger partial charge in [0.25, 0.3) is 5.56 Å². The van der Waals surface area contributed by atoms with Gasteiger partial charge >= 0.3 is 0 Å². The molecule has 0 aliphatic heterocycles. The van der Waals surface area contributed by atoms with Gasteiger partial charge in [0.15, 0.2) is 5.78 Å². The average molecular weight is 338 g/mol. The molecule has 1 aliphatic carbocycles. The molecule has 4 nitrogen and oxygen atoms in total. The number of carbonyl (C=O) groups is 1. The number of fused-ring (bicyclic) bond motifs is 3. The first-order valence-corrected chi connectivity index (χ1v) is 9.03. The predicted molar refractivity (Wildman–Crippen MR) is 95.8 cm³/mol. The molecule has 1 atom stereocenters. The van der Waals surface area contributed by atoms with Crippen molar-refractivity contribution in [3.63, 3.8) is 0 Å². The molecule has 0 saturated carbocycles. The molecule has 1 aromatic carbocycles. The van der Waals surface area contributed by atoms with Gasteiger partial charge < -0.3 is 0 Å². The number of hydrogen-bond acceptors (Lipinski definition) is 4. The van der Waals surface area contributed by atoms with Crippen LogP contribution >= 0.6 is 11.3 Å². The summed E-state index contributed by atoms with van der Waals surface area (Å²) in [6, 6.07) is 9.07. The minimum absolute atomic E-state index is 0.0345. The lowest BCUT2D eigenvalue weighted by Gasteiger charge is -2.17. The van der Waals surface area contributed by atoms with Crippen molar-refractivity contribution in [2.45, 2.75) is 32.7 Å². The summed E-state index contributed by atoms with van der Waals surface area (Å²) in [7, 11) is 0. The van der Waals surface area contributed by atoms with Crippen molar-refractivity contribution in [2.75, 3.05) is 0 Å². The maximum atomic E-state index is 12.9. The molecular formula is C19H18N2O2S. The number of ketones is 1. The van der Waals surface area contributed by atoms with Crippen LogP contribution in [0.4, 0.5) is 0 Å². The summed E-state index contributed by atoms with van der Waals surface area (Å²) < 4.78 is 1.45. The number of thiophene rings is 1. The van der Waals surface area contributed by atoms with Crippen LogP contribution < -0.4 is 5.56 Å². The van der Waals surface area contributed by atoms with Crippen LogP contribution in [0, 0.1) is 5.92 Å². The van der Waals surface area contributed by atoms with E-state index in [9.17, 15) is 9.59 Å². The fourth-order valence-corrected chi connectivity index (χ4v) is 4.69. The zero-order chi connectivity index (χ0) is 16.7. The van der Waals surface area contributed by atoms with Crippen LogP contribution in [0.25, 0.3) is 10.2 Å². The third-order valence-corrected chi connectivity index (χ3v) is 5.85. The van der Waals surface area contributed by atoms with Crippen molar-refractivity contribution in [1.29, 1.82) is 0 Å². The van der Waals surface area contributed by atoms with Crippen molar-refractivity contribution in [3.8, 4) is 0 Å². The van der Waals surface area contributed by atoms with Gasteiger partial charge in [-0.05, 0) is 30.7 Å². The summed E-state index contributed by atoms with van der Waals surface area (Å²) in [5.41, 5.74) is 1.69. The van der Waals surface area contributed by atoms with E-state index in [1.165, 1.54) is 15.8 Å². The summed E-state index contributed by atoms with van der Waals surface area (Å²) >= 11 is 1.63. The maximum Gasteiger partial charge on any atom is 0.262 e. The summed E-state index contributed by atoms with van der Waals surface area (Å²) in [5, 5.41) is 0.727. The third-order valence-electron chi connectivity index (χ3n) is 4.69. The molecular weight excluding hydrogens is 320 g/mol. The maximum absolute atomic E-state index is 12.9. The van der Waals surface area contributed by atoms with Crippen molar-refractivity contribution in [3.05, 3.63) is 63.0 Å². The monoisotopic (exact) mass is 338 g/mol. The molecule has 0 fully saturated rings. The highest BCUT2D eigenvalue weighted by molar-refractivity contribution is 7.18. The molecule has 1 unspecified atom stereocenters. The zero-order valence-corrected chi connectivity index (χ0v) is 14.3. The van der Waals surface area contributed by atoms with E-state index in [0.717, 1.165) is 35.0 Å². The molecule has 4 rings (SSSR count). The van der Waals surface area contributed by atoms with Gasteiger partial charge in [-0.3, -0.25) is 14.2 Å². The molecule has 3 aromatic rings. The summed E-state index contributed by atoms with van der Waals surface area (Å²) in [6.45, 7) is 2.28. The first kappa shape index (κ1) is 15.3. The fourth-order valence-electron chi connectivity index (χ4n) is 3.35. The van der Waals surface area contributed by atoms with Crippen LogP contribution in [0.2, 0.25) is 0 Å². The van der Waals surface area contributed by atoms with Gasteiger partial charge in [-0.1, -0.05) is 37.3 Å². The molecule has 1 aliphatic rings. The Labute approximate surface area is 143 Å². The van der Waals surface area contributed by atoms with Gasteiger partial charge in [0.2, 0.25) is 0 Å². The van der Waals surface area contributed by atoms with Gasteiger partial charge in [0.05, 0.1) is 18.3 Å². The van der Waals surface area contributed by atoms with E-state index in [1.54, 1.807) is 23.5 Å². The smallest absolute Gasteiger partial charge is 0.262 e. The van der Waals surface area contributed by atoms with E-state index in [4.69, 9.17) is 0 Å². The number of nitrogens with zero attached hydrogens (tertiary/aromatic N) is 2. The molecule has 0 bridgehead atoms. The highest BCUT2D eigenvalue weighted by Crippen LogP contribution is 2.35. The van der Waals surface area contributed by atoms with Crippen LogP contribution in [0.3, 0.4) is 0 Å². The Morgan fingerprint density at radius 1 is 1.33 bits per heavy atom. The molecule has 0 saturated heterocycles. The van der Waals surface area contributed by atoms with E-state index in [0.29, 0.717) is 11.5 Å². The van der Waals surface area contributed by atoms with Crippen molar-refractivity contribution < 1.29 is 4.79 Å². The number of carbonyl (C=O) groups excluding carboxylic acids is 1. The average Bonchev–Trinajstić information content (AvgIpc) is 2.96. The predicted octanol–water partition coefficient (Wildman–Crippen LogP) is 3.47. The van der Waals surface area contributed by atoms with Crippen LogP contribution in [0.5, 0.6) is 0 Å². The lowest BCUT2D eigenvalue weighted by Crippen LogP contribution is -2.25. The Hall–Kier alpha value is -2.27. The quantitative estimate of drug-likeness (QED) is 0.687. The van der Waals surface area contributed by atoms with E-state index in [2.05, 4.69) is 11.9 Å². The Kier molecular flexibility index (Phi) is 3.81. The first-order chi connectivity index (χ1) is 11.6. The van der Waals surface area contributed by atoms with Crippen molar-refractivity contribution in [2.24, 2.45) is 5.92 Å². The molecule has 24 heavy (non-hydrogen) atoms. The molecule has 2 aromatic heterocycles. The van der Waals surface area contributed by atoms with Gasteiger partial charge in [-0.15, -0.1) is 11.3 Å². The van der Waals surface area contributed by atoms with E-state index in [-0.39, 0.29) is 17.9 Å². The van der Waals surface area contributed by atoms with E-state index < -0.39 is 0 Å². The molecule has 122 valence electrons. The molecule has 0 spiro atoms. The van der Waals surface area contributed by atoms with Gasteiger partial charge in [0.1, 0.15) is 4.83 Å². The standard InChI is InChI=1S/C19H18N2O2S/c1-12-7-8-14-16(9-12)24-18-17(14)19(23)21(11-20-18)10-15(22)13-5-3-2-4-6-13/h2-6,11-12H,7-10H2,1H3. The van der Waals surface area contributed by atoms with Crippen molar-refractivity contribution in [1.82, 2.24) is 9.55 Å². The van der Waals surface area contributed by atoms with E-state index >= 15 is 0 Å². The second kappa shape index (κ2) is 5.98. The van der Waals surface area contributed by atoms with E-state index in [1.807, 2.05) is 18.2 Å². The Morgan fingerprint density at radius 3 is 2.92 bits per heavy atom. The third kappa shape index (κ3) is 2.59. The number of aromatic nitrogens is 2. The molecule has 5 heteroatoms. The number of Topliss-reactive ketones (excluding diaryl/α,β-unsaturated/α-hetero) is 1. The van der Waals surface area contributed by atoms with Gasteiger partial charge in [-0.2, -0.15) is 0 Å². The van der Waals surface area contributed by atoms with Crippen LogP contribution in [0.15, 0.2) is 41.5 Å². The molecule has 2 heterocycles. The minimum atomic E-state index is -0.0867. The fraction of sp³-hybridized carbons (Fsp3) is 0.316. The van der Waals surface area contributed by atoms with Crippen LogP contribution in [0.1, 0.15) is 34.1 Å². The lowest BCUT2D eigenvalue weighted by molar-refractivity contribution is 0.0970. The van der Waals surface area contributed by atoms with Crippen LogP contribution in [-0.4, -0.2) is 15.3 Å². The number of rotatable bonds is 3. The molecule has 0 amide bonds. The number of hydrogen-bond donors (Lipinski definition) is 0. The van der Waals surface area contributed by atoms with Crippen LogP contribution in [-0.2, 0) is 19.4 Å². The topological polar surface area (TPSA) is 52.0 Å². The Bertz CT molecular complexity index is 972. The number of benzene rings is 1. The van der Waals surface area contributed by atoms with Gasteiger partial charge in [0, 0.05) is 10.4 Å². The minimum Gasteiger partial charge on any atom is -0.292 e. The zero-order valence-electron chi connectivity index (χ0n) is 13.5. The summed E-state index contributed by atoms with van der Waals surface area (Å²) in [6.07, 6.45) is 4.58. The number of aryl methyl sites for hydroxylation is 1. The summed E-state index contributed by atoms with van der Waals surface area (Å²) in [4.78, 5) is 31.8.